The molecule has 0 saturated carbocycles. The maximum Gasteiger partial charge on any atom is 0.191 e. The molecule has 0 bridgehead atoms. The van der Waals surface area contributed by atoms with Gasteiger partial charge in [0.1, 0.15) is 5.82 Å². The highest BCUT2D eigenvalue weighted by atomic mass is 32.1. The van der Waals surface area contributed by atoms with Crippen LogP contribution in [0.25, 0.3) is 0 Å². The molecule has 2 aromatic rings. The van der Waals surface area contributed by atoms with Crippen LogP contribution in [-0.2, 0) is 13.0 Å². The zero-order valence-electron chi connectivity index (χ0n) is 15.8. The summed E-state index contributed by atoms with van der Waals surface area (Å²) in [5.41, 5.74) is 2.24. The first kappa shape index (κ1) is 19.2. The minimum atomic E-state index is 0.589. The lowest BCUT2D eigenvalue weighted by atomic mass is 10.2. The summed E-state index contributed by atoms with van der Waals surface area (Å²) in [5.74, 6) is 1.77. The van der Waals surface area contributed by atoms with Crippen LogP contribution in [0.5, 0.6) is 0 Å². The highest BCUT2D eigenvalue weighted by Crippen LogP contribution is 2.17. The molecule has 7 heteroatoms. The number of rotatable bonds is 7. The minimum Gasteiger partial charge on any atom is -0.362 e. The molecule has 0 aliphatic heterocycles. The zero-order valence-corrected chi connectivity index (χ0v) is 16.6. The second kappa shape index (κ2) is 9.36. The molecule has 2 heterocycles. The maximum absolute atomic E-state index is 4.69. The number of nitrogens with zero attached hydrogens (tertiary/aromatic N) is 4. The van der Waals surface area contributed by atoms with Crippen LogP contribution in [0, 0.1) is 13.8 Å². The summed E-state index contributed by atoms with van der Waals surface area (Å²) in [6.07, 6.45) is 2.71. The minimum absolute atomic E-state index is 0.589. The Kier molecular flexibility index (Phi) is 7.18. The first-order valence-corrected chi connectivity index (χ1v) is 9.39. The summed E-state index contributed by atoms with van der Waals surface area (Å²) in [7, 11) is 3.99. The first-order valence-electron chi connectivity index (χ1n) is 8.57. The average Bonchev–Trinajstić information content (AvgIpc) is 2.90. The van der Waals surface area contributed by atoms with E-state index in [0.717, 1.165) is 42.5 Å². The van der Waals surface area contributed by atoms with Crippen molar-refractivity contribution in [1.29, 1.82) is 0 Å². The number of aromatic nitrogens is 2. The highest BCUT2D eigenvalue weighted by molar-refractivity contribution is 7.11. The smallest absolute Gasteiger partial charge is 0.191 e. The molecular formula is C18H28N6S. The number of aryl methyl sites for hydroxylation is 2. The molecule has 0 fully saturated rings. The molecule has 0 radical (unpaired) electrons. The van der Waals surface area contributed by atoms with Crippen molar-refractivity contribution in [3.8, 4) is 0 Å². The summed E-state index contributed by atoms with van der Waals surface area (Å²) in [6, 6.07) is 4.02. The van der Waals surface area contributed by atoms with E-state index in [0.29, 0.717) is 6.54 Å². The number of aliphatic imine (C=N–C) groups is 1. The van der Waals surface area contributed by atoms with Gasteiger partial charge in [0.15, 0.2) is 5.96 Å². The number of thiazole rings is 1. The van der Waals surface area contributed by atoms with Crippen LogP contribution >= 0.6 is 11.3 Å². The van der Waals surface area contributed by atoms with Gasteiger partial charge in [-0.05, 0) is 26.8 Å². The third-order valence-electron chi connectivity index (χ3n) is 3.75. The van der Waals surface area contributed by atoms with E-state index in [9.17, 15) is 0 Å². The largest absolute Gasteiger partial charge is 0.362 e. The van der Waals surface area contributed by atoms with Gasteiger partial charge >= 0.3 is 0 Å². The molecule has 0 amide bonds. The summed E-state index contributed by atoms with van der Waals surface area (Å²) in [5, 5.41) is 7.85. The van der Waals surface area contributed by atoms with E-state index in [2.05, 4.69) is 47.4 Å². The van der Waals surface area contributed by atoms with Crippen LogP contribution in [0.3, 0.4) is 0 Å². The monoisotopic (exact) mass is 360 g/mol. The van der Waals surface area contributed by atoms with Gasteiger partial charge in [-0.2, -0.15) is 0 Å². The molecule has 0 unspecified atom stereocenters. The highest BCUT2D eigenvalue weighted by Gasteiger charge is 2.06. The van der Waals surface area contributed by atoms with E-state index in [1.165, 1.54) is 9.88 Å². The number of guanidine groups is 1. The standard InChI is InChI=1S/C18H28N6S/c1-6-19-18(21-11-9-16-23-13(2)14(3)25-16)22-12-15-8-7-10-20-17(15)24(4)5/h7-8,10H,6,9,11-12H2,1-5H3,(H2,19,21,22). The van der Waals surface area contributed by atoms with Crippen LogP contribution < -0.4 is 15.5 Å². The average molecular weight is 361 g/mol. The second-order valence-electron chi connectivity index (χ2n) is 6.00. The van der Waals surface area contributed by atoms with Crippen LogP contribution in [0.15, 0.2) is 23.3 Å². The van der Waals surface area contributed by atoms with Gasteiger partial charge in [0.05, 0.1) is 17.2 Å². The van der Waals surface area contributed by atoms with E-state index in [4.69, 9.17) is 4.99 Å². The molecule has 6 nitrogen and oxygen atoms in total. The van der Waals surface area contributed by atoms with E-state index in [1.807, 2.05) is 31.3 Å². The summed E-state index contributed by atoms with van der Waals surface area (Å²) in [6.45, 7) is 8.48. The SMILES string of the molecule is CCNC(=NCc1cccnc1N(C)C)NCCc1nc(C)c(C)s1. The first-order chi connectivity index (χ1) is 12.0. The molecule has 0 aromatic carbocycles. The van der Waals surface area contributed by atoms with Gasteiger partial charge in [-0.3, -0.25) is 0 Å². The molecule has 25 heavy (non-hydrogen) atoms. The predicted molar refractivity (Wildman–Crippen MR) is 107 cm³/mol. The molecule has 2 N–H and O–H groups in total. The van der Waals surface area contributed by atoms with E-state index in [1.54, 1.807) is 11.3 Å². The van der Waals surface area contributed by atoms with Crippen LogP contribution in [0.1, 0.15) is 28.1 Å². The van der Waals surface area contributed by atoms with Gasteiger partial charge in [-0.25, -0.2) is 15.0 Å². The Morgan fingerprint density at radius 3 is 2.72 bits per heavy atom. The van der Waals surface area contributed by atoms with Gasteiger partial charge in [0, 0.05) is 50.2 Å². The fraction of sp³-hybridized carbons (Fsp3) is 0.500. The predicted octanol–water partition coefficient (Wildman–Crippen LogP) is 2.52. The molecule has 0 spiro atoms. The molecule has 0 aliphatic carbocycles. The molecular weight excluding hydrogens is 332 g/mol. The van der Waals surface area contributed by atoms with Crippen molar-refractivity contribution in [2.75, 3.05) is 32.1 Å². The molecule has 2 rings (SSSR count). The van der Waals surface area contributed by atoms with Crippen molar-refractivity contribution in [2.45, 2.75) is 33.7 Å². The lowest BCUT2D eigenvalue weighted by molar-refractivity contribution is 0.794. The third kappa shape index (κ3) is 5.70. The second-order valence-corrected chi connectivity index (χ2v) is 7.29. The van der Waals surface area contributed by atoms with E-state index < -0.39 is 0 Å². The summed E-state index contributed by atoms with van der Waals surface area (Å²) >= 11 is 1.77. The maximum atomic E-state index is 4.69. The van der Waals surface area contributed by atoms with Crippen molar-refractivity contribution in [3.05, 3.63) is 39.5 Å². The van der Waals surface area contributed by atoms with Crippen molar-refractivity contribution in [3.63, 3.8) is 0 Å². The zero-order chi connectivity index (χ0) is 18.2. The van der Waals surface area contributed by atoms with Crippen molar-refractivity contribution in [1.82, 2.24) is 20.6 Å². The Balaban J connectivity index is 1.96. The number of anilines is 1. The lowest BCUT2D eigenvalue weighted by Gasteiger charge is -2.15. The van der Waals surface area contributed by atoms with Gasteiger partial charge in [0.2, 0.25) is 0 Å². The van der Waals surface area contributed by atoms with Gasteiger partial charge in [-0.1, -0.05) is 6.07 Å². The Morgan fingerprint density at radius 2 is 2.08 bits per heavy atom. The molecule has 0 aliphatic rings. The Bertz CT molecular complexity index is 688. The topological polar surface area (TPSA) is 65.4 Å². The Labute approximate surface area is 154 Å². The van der Waals surface area contributed by atoms with Gasteiger partial charge in [-0.15, -0.1) is 11.3 Å². The normalized spacial score (nSPS) is 11.5. The third-order valence-corrected chi connectivity index (χ3v) is 4.88. The fourth-order valence-electron chi connectivity index (χ4n) is 2.40. The Morgan fingerprint density at radius 1 is 1.28 bits per heavy atom. The Hall–Kier alpha value is -2.15. The van der Waals surface area contributed by atoms with Crippen LogP contribution in [0.2, 0.25) is 0 Å². The summed E-state index contributed by atoms with van der Waals surface area (Å²) < 4.78 is 0. The van der Waals surface area contributed by atoms with E-state index >= 15 is 0 Å². The molecule has 0 atom stereocenters. The van der Waals surface area contributed by atoms with Crippen molar-refractivity contribution in [2.24, 2.45) is 4.99 Å². The molecule has 2 aromatic heterocycles. The van der Waals surface area contributed by atoms with Crippen molar-refractivity contribution < 1.29 is 0 Å². The molecule has 136 valence electrons. The lowest BCUT2D eigenvalue weighted by Crippen LogP contribution is -2.38. The number of pyridine rings is 1. The summed E-state index contributed by atoms with van der Waals surface area (Å²) in [4.78, 5) is 17.0. The van der Waals surface area contributed by atoms with E-state index in [-0.39, 0.29) is 0 Å². The van der Waals surface area contributed by atoms with Crippen LogP contribution in [0.4, 0.5) is 5.82 Å². The molecule has 0 saturated heterocycles. The van der Waals surface area contributed by atoms with Gasteiger partial charge in [0.25, 0.3) is 0 Å². The van der Waals surface area contributed by atoms with Gasteiger partial charge < -0.3 is 15.5 Å². The quantitative estimate of drug-likeness (QED) is 0.587. The number of nitrogens with one attached hydrogen (secondary N) is 2. The number of hydrogen-bond acceptors (Lipinski definition) is 5. The number of hydrogen-bond donors (Lipinski definition) is 2. The fourth-order valence-corrected chi connectivity index (χ4v) is 3.33. The van der Waals surface area contributed by atoms with Crippen molar-refractivity contribution >= 4 is 23.1 Å². The van der Waals surface area contributed by atoms with Crippen LogP contribution in [-0.4, -0.2) is 43.1 Å².